The third-order valence-electron chi connectivity index (χ3n) is 4.61. The summed E-state index contributed by atoms with van der Waals surface area (Å²) in [5.41, 5.74) is 1.03. The quantitative estimate of drug-likeness (QED) is 0.553. The number of nitrogens with one attached hydrogen (secondary N) is 1. The van der Waals surface area contributed by atoms with Crippen molar-refractivity contribution >= 4 is 34.2 Å². The summed E-state index contributed by atoms with van der Waals surface area (Å²) in [4.78, 5) is 38.1. The molecule has 1 aliphatic rings. The highest BCUT2D eigenvalue weighted by Gasteiger charge is 2.35. The maximum Gasteiger partial charge on any atom is 0.261 e. The van der Waals surface area contributed by atoms with Crippen LogP contribution in [0.1, 0.15) is 27.1 Å². The first-order chi connectivity index (χ1) is 13.1. The zero-order chi connectivity index (χ0) is 19.0. The van der Waals surface area contributed by atoms with Crippen molar-refractivity contribution in [3.63, 3.8) is 0 Å². The maximum atomic E-state index is 12.4. The second kappa shape index (κ2) is 6.57. The SMILES string of the molecule is O=C(CCN1C(=O)c2ccccc2C1=O)Nc1c(O)ccc2ccccc12. The molecule has 6 heteroatoms. The molecule has 0 radical (unpaired) electrons. The minimum Gasteiger partial charge on any atom is -0.506 e. The molecule has 1 aliphatic heterocycles. The van der Waals surface area contributed by atoms with Gasteiger partial charge >= 0.3 is 0 Å². The molecule has 1 heterocycles. The topological polar surface area (TPSA) is 86.7 Å². The van der Waals surface area contributed by atoms with E-state index < -0.39 is 17.7 Å². The Morgan fingerprint density at radius 1 is 0.889 bits per heavy atom. The lowest BCUT2D eigenvalue weighted by molar-refractivity contribution is -0.116. The molecule has 3 amide bonds. The highest BCUT2D eigenvalue weighted by molar-refractivity contribution is 6.21. The van der Waals surface area contributed by atoms with Crippen molar-refractivity contribution in [1.29, 1.82) is 0 Å². The van der Waals surface area contributed by atoms with E-state index in [2.05, 4.69) is 5.32 Å². The fourth-order valence-electron chi connectivity index (χ4n) is 3.25. The molecule has 0 bridgehead atoms. The van der Waals surface area contributed by atoms with Gasteiger partial charge in [-0.3, -0.25) is 19.3 Å². The van der Waals surface area contributed by atoms with Crippen LogP contribution < -0.4 is 5.32 Å². The van der Waals surface area contributed by atoms with Crippen LogP contribution in [0.25, 0.3) is 10.8 Å². The summed E-state index contributed by atoms with van der Waals surface area (Å²) < 4.78 is 0. The molecule has 0 saturated heterocycles. The van der Waals surface area contributed by atoms with E-state index in [0.29, 0.717) is 22.2 Å². The van der Waals surface area contributed by atoms with Crippen LogP contribution in [0.3, 0.4) is 0 Å². The number of imide groups is 1. The number of hydrogen-bond donors (Lipinski definition) is 2. The molecule has 0 atom stereocenters. The standard InChI is InChI=1S/C21H16N2O4/c24-17-10-9-13-5-1-2-6-14(13)19(17)22-18(25)11-12-23-20(26)15-7-3-4-8-16(15)21(23)27/h1-10,24H,11-12H2,(H,22,25). The monoisotopic (exact) mass is 360 g/mol. The summed E-state index contributed by atoms with van der Waals surface area (Å²) in [6, 6.07) is 17.2. The van der Waals surface area contributed by atoms with E-state index in [1.165, 1.54) is 6.07 Å². The normalized spacial score (nSPS) is 13.1. The number of benzene rings is 3. The Hall–Kier alpha value is -3.67. The van der Waals surface area contributed by atoms with Crippen molar-refractivity contribution in [2.45, 2.75) is 6.42 Å². The molecule has 0 unspecified atom stereocenters. The predicted molar refractivity (Wildman–Crippen MR) is 101 cm³/mol. The van der Waals surface area contributed by atoms with Crippen molar-refractivity contribution in [1.82, 2.24) is 4.90 Å². The van der Waals surface area contributed by atoms with Gasteiger partial charge in [0.1, 0.15) is 5.75 Å². The first-order valence-corrected chi connectivity index (χ1v) is 8.52. The fraction of sp³-hybridized carbons (Fsp3) is 0.0952. The number of carbonyl (C=O) groups excluding carboxylic acids is 3. The second-order valence-electron chi connectivity index (χ2n) is 6.29. The van der Waals surface area contributed by atoms with E-state index in [1.54, 1.807) is 36.4 Å². The number of fused-ring (bicyclic) bond motifs is 2. The molecule has 0 spiro atoms. The van der Waals surface area contributed by atoms with Crippen molar-refractivity contribution in [2.24, 2.45) is 0 Å². The average molecular weight is 360 g/mol. The Bertz CT molecular complexity index is 1060. The van der Waals surface area contributed by atoms with Crippen LogP contribution in [0.2, 0.25) is 0 Å². The molecular weight excluding hydrogens is 344 g/mol. The van der Waals surface area contributed by atoms with Crippen molar-refractivity contribution < 1.29 is 19.5 Å². The Kier molecular flexibility index (Phi) is 4.08. The van der Waals surface area contributed by atoms with E-state index in [4.69, 9.17) is 0 Å². The van der Waals surface area contributed by atoms with Crippen LogP contribution in [0.5, 0.6) is 5.75 Å². The van der Waals surface area contributed by atoms with Gasteiger partial charge in [-0.25, -0.2) is 0 Å². The lowest BCUT2D eigenvalue weighted by atomic mass is 10.1. The van der Waals surface area contributed by atoms with Crippen LogP contribution in [-0.4, -0.2) is 34.3 Å². The van der Waals surface area contributed by atoms with Gasteiger partial charge in [0.25, 0.3) is 11.8 Å². The summed E-state index contributed by atoms with van der Waals surface area (Å²) in [5, 5.41) is 14.4. The van der Waals surface area contributed by atoms with Gasteiger partial charge in [0, 0.05) is 18.4 Å². The number of aromatic hydroxyl groups is 1. The Morgan fingerprint density at radius 2 is 1.52 bits per heavy atom. The minimum absolute atomic E-state index is 0.0241. The van der Waals surface area contributed by atoms with Gasteiger partial charge < -0.3 is 10.4 Å². The number of phenolic OH excluding ortho intramolecular Hbond substituents is 1. The third-order valence-corrected chi connectivity index (χ3v) is 4.61. The van der Waals surface area contributed by atoms with Crippen LogP contribution >= 0.6 is 0 Å². The van der Waals surface area contributed by atoms with Gasteiger partial charge in [-0.1, -0.05) is 42.5 Å². The van der Waals surface area contributed by atoms with Gasteiger partial charge in [0.2, 0.25) is 5.91 Å². The molecule has 6 nitrogen and oxygen atoms in total. The highest BCUT2D eigenvalue weighted by Crippen LogP contribution is 2.32. The number of anilines is 1. The summed E-state index contributed by atoms with van der Waals surface area (Å²) in [7, 11) is 0. The van der Waals surface area contributed by atoms with Crippen LogP contribution in [-0.2, 0) is 4.79 Å². The number of phenols is 1. The highest BCUT2D eigenvalue weighted by atomic mass is 16.3. The second-order valence-corrected chi connectivity index (χ2v) is 6.29. The van der Waals surface area contributed by atoms with E-state index in [1.807, 2.05) is 18.2 Å². The zero-order valence-corrected chi connectivity index (χ0v) is 14.3. The Labute approximate surface area is 155 Å². The number of nitrogens with zero attached hydrogens (tertiary/aromatic N) is 1. The molecule has 4 rings (SSSR count). The van der Waals surface area contributed by atoms with Crippen molar-refractivity contribution in [3.05, 3.63) is 71.8 Å². The average Bonchev–Trinajstić information content (AvgIpc) is 2.93. The van der Waals surface area contributed by atoms with Crippen LogP contribution in [0.4, 0.5) is 5.69 Å². The largest absolute Gasteiger partial charge is 0.506 e. The summed E-state index contributed by atoms with van der Waals surface area (Å²) in [5.74, 6) is -1.21. The summed E-state index contributed by atoms with van der Waals surface area (Å²) >= 11 is 0. The molecule has 0 aliphatic carbocycles. The van der Waals surface area contributed by atoms with Gasteiger partial charge in [0.15, 0.2) is 0 Å². The molecule has 134 valence electrons. The van der Waals surface area contributed by atoms with Gasteiger partial charge in [-0.15, -0.1) is 0 Å². The van der Waals surface area contributed by atoms with E-state index in [0.717, 1.165) is 10.3 Å². The molecule has 0 saturated carbocycles. The molecule has 3 aromatic rings. The van der Waals surface area contributed by atoms with E-state index in [9.17, 15) is 19.5 Å². The zero-order valence-electron chi connectivity index (χ0n) is 14.3. The molecule has 27 heavy (non-hydrogen) atoms. The maximum absolute atomic E-state index is 12.4. The Morgan fingerprint density at radius 3 is 2.22 bits per heavy atom. The minimum atomic E-state index is -0.392. The first-order valence-electron chi connectivity index (χ1n) is 8.52. The van der Waals surface area contributed by atoms with E-state index in [-0.39, 0.29) is 18.7 Å². The van der Waals surface area contributed by atoms with Crippen molar-refractivity contribution in [2.75, 3.05) is 11.9 Å². The fourth-order valence-corrected chi connectivity index (χ4v) is 3.25. The van der Waals surface area contributed by atoms with Crippen molar-refractivity contribution in [3.8, 4) is 5.75 Å². The molecule has 0 fully saturated rings. The number of hydrogen-bond acceptors (Lipinski definition) is 4. The van der Waals surface area contributed by atoms with Crippen LogP contribution in [0, 0.1) is 0 Å². The third kappa shape index (κ3) is 2.91. The molecule has 2 N–H and O–H groups in total. The number of rotatable bonds is 4. The van der Waals surface area contributed by atoms with E-state index >= 15 is 0 Å². The number of carbonyl (C=O) groups is 3. The molecule has 3 aromatic carbocycles. The number of amides is 3. The first kappa shape index (κ1) is 16.8. The lowest BCUT2D eigenvalue weighted by Crippen LogP contribution is -2.32. The Balaban J connectivity index is 1.48. The predicted octanol–water partition coefficient (Wildman–Crippen LogP) is 3.17. The smallest absolute Gasteiger partial charge is 0.261 e. The molecular formula is C21H16N2O4. The van der Waals surface area contributed by atoms with Crippen LogP contribution in [0.15, 0.2) is 60.7 Å². The van der Waals surface area contributed by atoms with Gasteiger partial charge in [0.05, 0.1) is 16.8 Å². The summed E-state index contributed by atoms with van der Waals surface area (Å²) in [6.07, 6.45) is -0.0614. The lowest BCUT2D eigenvalue weighted by Gasteiger charge is -2.14. The van der Waals surface area contributed by atoms with Gasteiger partial charge in [-0.2, -0.15) is 0 Å². The van der Waals surface area contributed by atoms with Gasteiger partial charge in [-0.05, 0) is 23.6 Å². The molecule has 0 aromatic heterocycles. The summed E-state index contributed by atoms with van der Waals surface area (Å²) in [6.45, 7) is -0.0241.